The molecule has 2 aliphatic rings. The van der Waals surface area contributed by atoms with Crippen molar-refractivity contribution < 1.29 is 9.21 Å². The Balaban J connectivity index is 1.41. The molecule has 0 aliphatic carbocycles. The topological polar surface area (TPSA) is 62.5 Å². The second-order valence-corrected chi connectivity index (χ2v) is 7.15. The van der Waals surface area contributed by atoms with Crippen molar-refractivity contribution in [3.8, 4) is 11.5 Å². The SMILES string of the molecule is CCCN1CCC2(CCN(Cc3nnc(-c4ccccc4)o3)C2)C1=O. The number of benzene rings is 1. The van der Waals surface area contributed by atoms with Crippen molar-refractivity contribution in [2.45, 2.75) is 32.7 Å². The van der Waals surface area contributed by atoms with Crippen molar-refractivity contribution >= 4 is 5.91 Å². The zero-order valence-electron chi connectivity index (χ0n) is 14.6. The lowest BCUT2D eigenvalue weighted by Crippen LogP contribution is -2.37. The van der Waals surface area contributed by atoms with Crippen LogP contribution in [0.4, 0.5) is 0 Å². The van der Waals surface area contributed by atoms with Crippen molar-refractivity contribution in [2.75, 3.05) is 26.2 Å². The molecule has 6 heteroatoms. The fraction of sp³-hybridized carbons (Fsp3) is 0.526. The largest absolute Gasteiger partial charge is 0.419 e. The Bertz CT molecular complexity index is 745. The molecule has 1 aromatic carbocycles. The molecular weight excluding hydrogens is 316 g/mol. The quantitative estimate of drug-likeness (QED) is 0.837. The third-order valence-electron chi connectivity index (χ3n) is 5.37. The second-order valence-electron chi connectivity index (χ2n) is 7.15. The van der Waals surface area contributed by atoms with Crippen LogP contribution in [-0.2, 0) is 11.3 Å². The molecule has 2 aromatic rings. The van der Waals surface area contributed by atoms with Crippen LogP contribution >= 0.6 is 0 Å². The van der Waals surface area contributed by atoms with Gasteiger partial charge in [-0.05, 0) is 37.9 Å². The third kappa shape index (κ3) is 3.06. The van der Waals surface area contributed by atoms with Gasteiger partial charge >= 0.3 is 0 Å². The van der Waals surface area contributed by atoms with Crippen LogP contribution in [0.1, 0.15) is 32.1 Å². The average Bonchev–Trinajstić information content (AvgIpc) is 3.33. The molecular formula is C19H24N4O2. The van der Waals surface area contributed by atoms with E-state index in [0.717, 1.165) is 51.0 Å². The Morgan fingerprint density at radius 2 is 1.96 bits per heavy atom. The molecule has 0 radical (unpaired) electrons. The molecule has 2 saturated heterocycles. The molecule has 4 rings (SSSR count). The van der Waals surface area contributed by atoms with Crippen molar-refractivity contribution in [1.82, 2.24) is 20.0 Å². The summed E-state index contributed by atoms with van der Waals surface area (Å²) < 4.78 is 5.81. The number of amides is 1. The number of carbonyl (C=O) groups is 1. The maximum absolute atomic E-state index is 12.8. The summed E-state index contributed by atoms with van der Waals surface area (Å²) >= 11 is 0. The monoisotopic (exact) mass is 340 g/mol. The molecule has 6 nitrogen and oxygen atoms in total. The maximum atomic E-state index is 12.8. The van der Waals surface area contributed by atoms with Gasteiger partial charge < -0.3 is 9.32 Å². The Kier molecular flexibility index (Phi) is 4.29. The molecule has 1 aromatic heterocycles. The summed E-state index contributed by atoms with van der Waals surface area (Å²) in [4.78, 5) is 17.1. The smallest absolute Gasteiger partial charge is 0.247 e. The molecule has 2 fully saturated rings. The average molecular weight is 340 g/mol. The first-order chi connectivity index (χ1) is 12.2. The number of likely N-dealkylation sites (tertiary alicyclic amines) is 2. The van der Waals surface area contributed by atoms with Crippen LogP contribution in [0.25, 0.3) is 11.5 Å². The van der Waals surface area contributed by atoms with Gasteiger partial charge in [0.2, 0.25) is 17.7 Å². The predicted octanol–water partition coefficient (Wildman–Crippen LogP) is 2.57. The Hall–Kier alpha value is -2.21. The molecule has 0 bridgehead atoms. The van der Waals surface area contributed by atoms with Gasteiger partial charge in [-0.1, -0.05) is 25.1 Å². The number of aromatic nitrogens is 2. The van der Waals surface area contributed by atoms with Crippen LogP contribution in [0.5, 0.6) is 0 Å². The highest BCUT2D eigenvalue weighted by molar-refractivity contribution is 5.85. The van der Waals surface area contributed by atoms with Gasteiger partial charge in [0.1, 0.15) is 0 Å². The second kappa shape index (κ2) is 6.59. The number of rotatable bonds is 5. The van der Waals surface area contributed by atoms with Crippen LogP contribution < -0.4 is 0 Å². The van der Waals surface area contributed by atoms with Gasteiger partial charge in [0.25, 0.3) is 0 Å². The van der Waals surface area contributed by atoms with Gasteiger partial charge in [-0.3, -0.25) is 9.69 Å². The first kappa shape index (κ1) is 16.3. The van der Waals surface area contributed by atoms with E-state index in [4.69, 9.17) is 4.42 Å². The summed E-state index contributed by atoms with van der Waals surface area (Å²) in [5.74, 6) is 1.51. The standard InChI is InChI=1S/C19H24N4O2/c1-2-10-23-12-9-19(18(23)24)8-11-22(14-19)13-16-20-21-17(25-16)15-6-4-3-5-7-15/h3-7H,2,8-14H2,1H3. The van der Waals surface area contributed by atoms with E-state index in [2.05, 4.69) is 22.0 Å². The molecule has 132 valence electrons. The molecule has 1 atom stereocenters. The van der Waals surface area contributed by atoms with Crippen molar-refractivity contribution in [2.24, 2.45) is 5.41 Å². The van der Waals surface area contributed by atoms with Crippen molar-refractivity contribution in [3.63, 3.8) is 0 Å². The predicted molar refractivity (Wildman–Crippen MR) is 93.5 cm³/mol. The van der Waals surface area contributed by atoms with E-state index >= 15 is 0 Å². The Morgan fingerprint density at radius 1 is 1.16 bits per heavy atom. The van der Waals surface area contributed by atoms with E-state index in [1.165, 1.54) is 0 Å². The minimum atomic E-state index is -0.183. The van der Waals surface area contributed by atoms with E-state index in [1.807, 2.05) is 35.2 Å². The molecule has 2 aliphatic heterocycles. The van der Waals surface area contributed by atoms with Gasteiger partial charge in [-0.15, -0.1) is 10.2 Å². The van der Waals surface area contributed by atoms with E-state index < -0.39 is 0 Å². The first-order valence-electron chi connectivity index (χ1n) is 9.10. The number of carbonyl (C=O) groups excluding carboxylic acids is 1. The molecule has 0 saturated carbocycles. The van der Waals surface area contributed by atoms with E-state index in [0.29, 0.717) is 24.2 Å². The van der Waals surface area contributed by atoms with Gasteiger partial charge in [-0.25, -0.2) is 0 Å². The van der Waals surface area contributed by atoms with E-state index in [-0.39, 0.29) is 5.41 Å². The Labute approximate surface area is 147 Å². The lowest BCUT2D eigenvalue weighted by Gasteiger charge is -2.23. The molecule has 1 unspecified atom stereocenters. The number of hydrogen-bond acceptors (Lipinski definition) is 5. The fourth-order valence-electron chi connectivity index (χ4n) is 4.05. The van der Waals surface area contributed by atoms with E-state index in [1.54, 1.807) is 0 Å². The summed E-state index contributed by atoms with van der Waals surface area (Å²) in [6.07, 6.45) is 2.93. The minimum absolute atomic E-state index is 0.183. The fourth-order valence-corrected chi connectivity index (χ4v) is 4.05. The van der Waals surface area contributed by atoms with Crippen LogP contribution in [0.3, 0.4) is 0 Å². The Morgan fingerprint density at radius 3 is 2.76 bits per heavy atom. The maximum Gasteiger partial charge on any atom is 0.247 e. The molecule has 3 heterocycles. The van der Waals surface area contributed by atoms with E-state index in [9.17, 15) is 4.79 Å². The van der Waals surface area contributed by atoms with Crippen molar-refractivity contribution in [1.29, 1.82) is 0 Å². The number of nitrogens with zero attached hydrogens (tertiary/aromatic N) is 4. The highest BCUT2D eigenvalue weighted by Gasteiger charge is 2.50. The normalized spacial score (nSPS) is 23.9. The van der Waals surface area contributed by atoms with Gasteiger partial charge in [0.15, 0.2) is 0 Å². The van der Waals surface area contributed by atoms with Gasteiger partial charge in [0, 0.05) is 25.2 Å². The summed E-state index contributed by atoms with van der Waals surface area (Å²) in [7, 11) is 0. The van der Waals surface area contributed by atoms with Crippen LogP contribution in [0.15, 0.2) is 34.7 Å². The summed E-state index contributed by atoms with van der Waals surface area (Å²) in [5.41, 5.74) is 0.748. The van der Waals surface area contributed by atoms with Gasteiger partial charge in [-0.2, -0.15) is 0 Å². The zero-order valence-corrected chi connectivity index (χ0v) is 14.6. The lowest BCUT2D eigenvalue weighted by molar-refractivity contribution is -0.135. The number of hydrogen-bond donors (Lipinski definition) is 0. The van der Waals surface area contributed by atoms with Crippen molar-refractivity contribution in [3.05, 3.63) is 36.2 Å². The summed E-state index contributed by atoms with van der Waals surface area (Å²) in [5, 5.41) is 8.33. The zero-order chi connectivity index (χ0) is 17.3. The molecule has 1 spiro atoms. The third-order valence-corrected chi connectivity index (χ3v) is 5.37. The van der Waals surface area contributed by atoms with Crippen LogP contribution in [0.2, 0.25) is 0 Å². The van der Waals surface area contributed by atoms with Crippen LogP contribution in [-0.4, -0.2) is 52.1 Å². The lowest BCUT2D eigenvalue weighted by atomic mass is 9.85. The van der Waals surface area contributed by atoms with Crippen LogP contribution in [0, 0.1) is 5.41 Å². The minimum Gasteiger partial charge on any atom is -0.419 e. The molecule has 25 heavy (non-hydrogen) atoms. The first-order valence-corrected chi connectivity index (χ1v) is 9.10. The molecule has 1 amide bonds. The summed E-state index contributed by atoms with van der Waals surface area (Å²) in [6, 6.07) is 9.79. The summed E-state index contributed by atoms with van der Waals surface area (Å²) in [6.45, 7) is 6.23. The highest BCUT2D eigenvalue weighted by atomic mass is 16.4. The highest BCUT2D eigenvalue weighted by Crippen LogP contribution is 2.41. The molecule has 0 N–H and O–H groups in total. The van der Waals surface area contributed by atoms with Gasteiger partial charge in [0.05, 0.1) is 12.0 Å².